The van der Waals surface area contributed by atoms with Crippen LogP contribution in [0.25, 0.3) is 0 Å². The Labute approximate surface area is 467 Å². The first-order chi connectivity index (χ1) is 37.5. The first-order valence-corrected chi connectivity index (χ1v) is 30.8. The predicted octanol–water partition coefficient (Wildman–Crippen LogP) is 21.2. The van der Waals surface area contributed by atoms with E-state index in [0.717, 1.165) is 122 Å². The van der Waals surface area contributed by atoms with Gasteiger partial charge in [0.05, 0.1) is 0 Å². The summed E-state index contributed by atoms with van der Waals surface area (Å²) in [6, 6.07) is 0. The summed E-state index contributed by atoms with van der Waals surface area (Å²) < 4.78 is 16.8. The monoisotopic (exact) mass is 1050 g/mol. The van der Waals surface area contributed by atoms with Crippen molar-refractivity contribution in [3.8, 4) is 0 Å². The lowest BCUT2D eigenvalue weighted by Gasteiger charge is -2.18. The molecule has 0 aromatic heterocycles. The lowest BCUT2D eigenvalue weighted by molar-refractivity contribution is -0.167. The second kappa shape index (κ2) is 62.8. The molecule has 0 fully saturated rings. The fourth-order valence-electron chi connectivity index (χ4n) is 8.04. The van der Waals surface area contributed by atoms with Crippen molar-refractivity contribution in [2.45, 2.75) is 264 Å². The van der Waals surface area contributed by atoms with E-state index >= 15 is 0 Å². The molecule has 6 heteroatoms. The zero-order chi connectivity index (χ0) is 55.0. The molecule has 0 aliphatic rings. The minimum Gasteiger partial charge on any atom is -0.462 e. The van der Waals surface area contributed by atoms with Gasteiger partial charge in [-0.25, -0.2) is 0 Å². The Bertz CT molecular complexity index is 1680. The van der Waals surface area contributed by atoms with Gasteiger partial charge < -0.3 is 14.2 Å². The molecule has 1 atom stereocenters. The van der Waals surface area contributed by atoms with Crippen molar-refractivity contribution in [1.82, 2.24) is 0 Å². The molecule has 0 bridgehead atoms. The van der Waals surface area contributed by atoms with Crippen LogP contribution in [0.5, 0.6) is 0 Å². The molecule has 0 N–H and O–H groups in total. The Balaban J connectivity index is 4.49. The Morgan fingerprint density at radius 3 is 0.803 bits per heavy atom. The SMILES string of the molecule is CC/C=C\C/C=C\C/C=C\C/C=C\C/C=C\C/C=C\C/C=C\C/C=C\CCCCC(=O)OCC(COC(=O)CCCC/C=C\C/C=C\C/C=C\C/C=C\CC)OC(=O)CCCCCCCCCCCCCCCCCC. The number of ether oxygens (including phenoxy) is 3. The maximum Gasteiger partial charge on any atom is 0.306 e. The van der Waals surface area contributed by atoms with Gasteiger partial charge >= 0.3 is 17.9 Å². The molecule has 0 spiro atoms. The van der Waals surface area contributed by atoms with Crippen molar-refractivity contribution in [1.29, 1.82) is 0 Å². The minimum atomic E-state index is -0.818. The van der Waals surface area contributed by atoms with Gasteiger partial charge in [0.2, 0.25) is 0 Å². The van der Waals surface area contributed by atoms with Crippen molar-refractivity contribution < 1.29 is 28.6 Å². The van der Waals surface area contributed by atoms with Crippen LogP contribution in [-0.4, -0.2) is 37.2 Å². The quantitative estimate of drug-likeness (QED) is 0.0261. The fraction of sp³-hybridized carbons (Fsp3) is 0.614. The zero-order valence-corrected chi connectivity index (χ0v) is 49.0. The lowest BCUT2D eigenvalue weighted by atomic mass is 10.0. The third-order valence-electron chi connectivity index (χ3n) is 12.6. The van der Waals surface area contributed by atoms with Gasteiger partial charge in [-0.1, -0.05) is 263 Å². The van der Waals surface area contributed by atoms with Crippen molar-refractivity contribution in [3.05, 3.63) is 146 Å². The third-order valence-corrected chi connectivity index (χ3v) is 12.6. The van der Waals surface area contributed by atoms with Gasteiger partial charge in [-0.2, -0.15) is 0 Å². The Kier molecular flexibility index (Phi) is 58.9. The van der Waals surface area contributed by atoms with Crippen molar-refractivity contribution in [2.75, 3.05) is 13.2 Å². The average molecular weight is 1050 g/mol. The minimum absolute atomic E-state index is 0.117. The highest BCUT2D eigenvalue weighted by atomic mass is 16.6. The van der Waals surface area contributed by atoms with Crippen LogP contribution < -0.4 is 0 Å². The molecule has 0 heterocycles. The van der Waals surface area contributed by atoms with E-state index in [1.54, 1.807) is 0 Å². The first kappa shape index (κ1) is 71.3. The van der Waals surface area contributed by atoms with Crippen LogP contribution in [0.4, 0.5) is 0 Å². The maximum absolute atomic E-state index is 12.9. The number of hydrogen-bond acceptors (Lipinski definition) is 6. The van der Waals surface area contributed by atoms with E-state index in [1.165, 1.54) is 83.5 Å². The number of carbonyl (C=O) groups excluding carboxylic acids is 3. The summed E-state index contributed by atoms with van der Waals surface area (Å²) in [6.45, 7) is 6.34. The van der Waals surface area contributed by atoms with Crippen molar-refractivity contribution >= 4 is 17.9 Å². The summed E-state index contributed by atoms with van der Waals surface area (Å²) in [6.07, 6.45) is 89.9. The van der Waals surface area contributed by atoms with Crippen LogP contribution in [0.1, 0.15) is 258 Å². The zero-order valence-electron chi connectivity index (χ0n) is 49.0. The van der Waals surface area contributed by atoms with E-state index < -0.39 is 6.10 Å². The van der Waals surface area contributed by atoms with Gasteiger partial charge in [0.25, 0.3) is 0 Å². The van der Waals surface area contributed by atoms with E-state index in [2.05, 4.69) is 167 Å². The van der Waals surface area contributed by atoms with Gasteiger partial charge in [0.1, 0.15) is 13.2 Å². The van der Waals surface area contributed by atoms with Crippen LogP contribution in [0.15, 0.2) is 146 Å². The van der Waals surface area contributed by atoms with E-state index in [-0.39, 0.29) is 31.1 Å². The lowest BCUT2D eigenvalue weighted by Crippen LogP contribution is -2.30. The predicted molar refractivity (Wildman–Crippen MR) is 329 cm³/mol. The number of carbonyl (C=O) groups is 3. The van der Waals surface area contributed by atoms with Gasteiger partial charge in [-0.05, 0) is 122 Å². The number of allylic oxidation sites excluding steroid dienone is 24. The molecule has 0 radical (unpaired) electrons. The molecule has 0 aliphatic carbocycles. The third kappa shape index (κ3) is 60.2. The highest BCUT2D eigenvalue weighted by Crippen LogP contribution is 2.15. The molecule has 0 rings (SSSR count). The molecule has 0 aromatic rings. The standard InChI is InChI=1S/C70H112O6/c1-4-7-10-13-16-19-22-25-28-30-31-32-33-34-35-36-37-38-39-40-43-45-48-51-54-57-60-63-69(72)75-66-67(65-74-68(71)62-59-56-53-50-47-44-41-27-24-21-18-15-12-9-6-3)76-70(73)64-61-58-55-52-49-46-42-29-26-23-20-17-14-11-8-5-2/h7,9-10,12,16,18-19,21,25,27-28,31-32,34-35,37-38,40-41,43,47-48,50-51,67H,4-6,8,11,13-15,17,20,22-24,26,29-30,33,36,39,42,44-46,49,52-66H2,1-3H3/b10-7-,12-9-,19-16-,21-18-,28-25-,32-31-,35-34-,38-37-,41-27-,43-40-,50-47-,51-48-. The molecule has 1 unspecified atom stereocenters. The second-order valence-corrected chi connectivity index (χ2v) is 19.9. The van der Waals surface area contributed by atoms with E-state index in [1.807, 2.05) is 0 Å². The van der Waals surface area contributed by atoms with Gasteiger partial charge in [0, 0.05) is 19.3 Å². The summed E-state index contributed by atoms with van der Waals surface area (Å²) in [7, 11) is 0. The molecule has 6 nitrogen and oxygen atoms in total. The van der Waals surface area contributed by atoms with Crippen LogP contribution in [0.2, 0.25) is 0 Å². The van der Waals surface area contributed by atoms with E-state index in [0.29, 0.717) is 32.1 Å². The molecule has 428 valence electrons. The molecular weight excluding hydrogens is 937 g/mol. The van der Waals surface area contributed by atoms with E-state index in [9.17, 15) is 14.4 Å². The highest BCUT2D eigenvalue weighted by Gasteiger charge is 2.19. The van der Waals surface area contributed by atoms with Crippen LogP contribution >= 0.6 is 0 Å². The summed E-state index contributed by atoms with van der Waals surface area (Å²) >= 11 is 0. The number of unbranched alkanes of at least 4 members (excludes halogenated alkanes) is 19. The Hall–Kier alpha value is -4.71. The number of hydrogen-bond donors (Lipinski definition) is 0. The molecule has 0 aromatic carbocycles. The van der Waals surface area contributed by atoms with E-state index in [4.69, 9.17) is 14.2 Å². The molecular formula is C70H112O6. The fourth-order valence-corrected chi connectivity index (χ4v) is 8.04. The number of esters is 3. The van der Waals surface area contributed by atoms with Gasteiger partial charge in [0.15, 0.2) is 6.10 Å². The number of rotatable bonds is 54. The average Bonchev–Trinajstić information content (AvgIpc) is 3.42. The van der Waals surface area contributed by atoms with Crippen LogP contribution in [0, 0.1) is 0 Å². The molecule has 0 aliphatic heterocycles. The molecule has 0 saturated heterocycles. The topological polar surface area (TPSA) is 78.9 Å². The summed E-state index contributed by atoms with van der Waals surface area (Å²) in [5, 5.41) is 0. The Morgan fingerprint density at radius 1 is 0.276 bits per heavy atom. The van der Waals surface area contributed by atoms with Crippen molar-refractivity contribution in [2.24, 2.45) is 0 Å². The largest absolute Gasteiger partial charge is 0.462 e. The summed E-state index contributed by atoms with van der Waals surface area (Å²) in [4.78, 5) is 38.2. The normalized spacial score (nSPS) is 13.1. The summed E-state index contributed by atoms with van der Waals surface area (Å²) in [5.41, 5.74) is 0. The highest BCUT2D eigenvalue weighted by molar-refractivity contribution is 5.71. The van der Waals surface area contributed by atoms with Gasteiger partial charge in [-0.3, -0.25) is 14.4 Å². The second-order valence-electron chi connectivity index (χ2n) is 19.9. The molecule has 0 saturated carbocycles. The smallest absolute Gasteiger partial charge is 0.306 e. The Morgan fingerprint density at radius 2 is 0.513 bits per heavy atom. The first-order valence-electron chi connectivity index (χ1n) is 30.8. The summed E-state index contributed by atoms with van der Waals surface area (Å²) in [5.74, 6) is -0.998. The van der Waals surface area contributed by atoms with Crippen molar-refractivity contribution in [3.63, 3.8) is 0 Å². The molecule has 0 amide bonds. The molecule has 76 heavy (non-hydrogen) atoms. The van der Waals surface area contributed by atoms with Crippen LogP contribution in [-0.2, 0) is 28.6 Å². The van der Waals surface area contributed by atoms with Crippen LogP contribution in [0.3, 0.4) is 0 Å². The van der Waals surface area contributed by atoms with Gasteiger partial charge in [-0.15, -0.1) is 0 Å². The maximum atomic E-state index is 12.9.